The van der Waals surface area contributed by atoms with E-state index in [9.17, 15) is 9.90 Å². The van der Waals surface area contributed by atoms with E-state index in [1.807, 2.05) is 54.1 Å². The van der Waals surface area contributed by atoms with Gasteiger partial charge in [-0.15, -0.1) is 0 Å². The molecule has 0 spiro atoms. The summed E-state index contributed by atoms with van der Waals surface area (Å²) in [5, 5.41) is 15.6. The normalized spacial score (nSPS) is 11.6. The molecule has 5 nitrogen and oxygen atoms in total. The maximum absolute atomic E-state index is 12.8. The molecule has 0 bridgehead atoms. The summed E-state index contributed by atoms with van der Waals surface area (Å²) in [5.74, 6) is -0.155. The maximum Gasteiger partial charge on any atom is 0.288 e. The number of rotatable bonds is 4. The quantitative estimate of drug-likeness (QED) is 0.382. The van der Waals surface area contributed by atoms with Crippen LogP contribution in [0.1, 0.15) is 21.6 Å². The first-order chi connectivity index (χ1) is 14.0. The molecule has 0 saturated heterocycles. The van der Waals surface area contributed by atoms with Crippen LogP contribution in [-0.4, -0.2) is 21.3 Å². The first-order valence-corrected chi connectivity index (χ1v) is 9.38. The molecule has 144 valence electrons. The Kier molecular flexibility index (Phi) is 5.06. The minimum Gasteiger partial charge on any atom is -0.508 e. The highest BCUT2D eigenvalue weighted by molar-refractivity contribution is 6.30. The Labute approximate surface area is 172 Å². The molecule has 2 N–H and O–H groups in total. The number of aryl methyl sites for hydroxylation is 1. The monoisotopic (exact) mass is 403 g/mol. The minimum atomic E-state index is -0.311. The third kappa shape index (κ3) is 3.86. The molecule has 4 aromatic rings. The van der Waals surface area contributed by atoms with Gasteiger partial charge >= 0.3 is 0 Å². The highest BCUT2D eigenvalue weighted by Gasteiger charge is 2.14. The smallest absolute Gasteiger partial charge is 0.288 e. The molecule has 0 unspecified atom stereocenters. The third-order valence-corrected chi connectivity index (χ3v) is 4.96. The highest BCUT2D eigenvalue weighted by Crippen LogP contribution is 2.19. The second-order valence-corrected chi connectivity index (χ2v) is 7.04. The molecule has 3 aromatic carbocycles. The van der Waals surface area contributed by atoms with Crippen LogP contribution in [0.3, 0.4) is 0 Å². The number of nitrogens with zero attached hydrogens (tertiary/aromatic N) is 2. The molecule has 6 heteroatoms. The number of nitrogens with one attached hydrogen (secondary N) is 1. The van der Waals surface area contributed by atoms with Crippen molar-refractivity contribution in [1.82, 2.24) is 9.99 Å². The van der Waals surface area contributed by atoms with E-state index < -0.39 is 0 Å². The number of fused-ring (bicyclic) bond motifs is 1. The zero-order valence-electron chi connectivity index (χ0n) is 15.6. The Balaban J connectivity index is 1.70. The van der Waals surface area contributed by atoms with Gasteiger partial charge in [-0.25, -0.2) is 5.43 Å². The fraction of sp³-hybridized carbons (Fsp3) is 0.0435. The summed E-state index contributed by atoms with van der Waals surface area (Å²) in [6.07, 6.45) is 0. The van der Waals surface area contributed by atoms with Gasteiger partial charge in [0, 0.05) is 34.1 Å². The van der Waals surface area contributed by atoms with Crippen LogP contribution < -0.4 is 5.43 Å². The predicted octanol–water partition coefficient (Wildman–Crippen LogP) is 4.72. The average molecular weight is 404 g/mol. The number of aromatic nitrogens is 1. The first kappa shape index (κ1) is 18.8. The maximum atomic E-state index is 12.8. The summed E-state index contributed by atoms with van der Waals surface area (Å²) >= 11 is 6.00. The second kappa shape index (κ2) is 7.81. The van der Waals surface area contributed by atoms with Crippen LogP contribution in [-0.2, 0) is 7.05 Å². The molecule has 1 heterocycles. The molecule has 0 radical (unpaired) electrons. The van der Waals surface area contributed by atoms with E-state index in [4.69, 9.17) is 11.6 Å². The lowest BCUT2D eigenvalue weighted by atomic mass is 10.0. The van der Waals surface area contributed by atoms with Crippen LogP contribution in [0.5, 0.6) is 5.75 Å². The number of para-hydroxylation sites is 1. The van der Waals surface area contributed by atoms with Gasteiger partial charge in [0.25, 0.3) is 5.91 Å². The lowest BCUT2D eigenvalue weighted by molar-refractivity contribution is 0.0947. The molecule has 29 heavy (non-hydrogen) atoms. The van der Waals surface area contributed by atoms with Crippen molar-refractivity contribution in [2.45, 2.75) is 0 Å². The van der Waals surface area contributed by atoms with Crippen molar-refractivity contribution in [3.63, 3.8) is 0 Å². The van der Waals surface area contributed by atoms with Gasteiger partial charge in [-0.3, -0.25) is 4.79 Å². The van der Waals surface area contributed by atoms with E-state index >= 15 is 0 Å². The van der Waals surface area contributed by atoms with E-state index in [-0.39, 0.29) is 11.7 Å². The van der Waals surface area contributed by atoms with Gasteiger partial charge in [0.05, 0.1) is 5.71 Å². The van der Waals surface area contributed by atoms with Crippen molar-refractivity contribution in [3.8, 4) is 5.75 Å². The molecule has 1 amide bonds. The highest BCUT2D eigenvalue weighted by atomic mass is 35.5. The summed E-state index contributed by atoms with van der Waals surface area (Å²) < 4.78 is 1.84. The van der Waals surface area contributed by atoms with Crippen molar-refractivity contribution in [2.24, 2.45) is 12.1 Å². The number of phenols is 1. The molecule has 0 saturated carbocycles. The van der Waals surface area contributed by atoms with E-state index in [0.717, 1.165) is 22.0 Å². The minimum absolute atomic E-state index is 0.156. The molecule has 0 aliphatic carbocycles. The topological polar surface area (TPSA) is 66.6 Å². The molecule has 0 atom stereocenters. The summed E-state index contributed by atoms with van der Waals surface area (Å²) in [7, 11) is 1.85. The standard InChI is InChI=1S/C23H18ClN3O2/c1-27-20-5-3-2-4-17(20)14-21(27)23(29)26-25-22(15-6-10-18(24)11-7-15)16-8-12-19(28)13-9-16/h2-14,28H,1H3,(H,26,29)/b25-22-. The zero-order valence-corrected chi connectivity index (χ0v) is 16.4. The number of hydrogen-bond acceptors (Lipinski definition) is 3. The Morgan fingerprint density at radius 2 is 1.59 bits per heavy atom. The fourth-order valence-electron chi connectivity index (χ4n) is 3.19. The Bertz CT molecular complexity index is 1160. The number of hydrazone groups is 1. The zero-order chi connectivity index (χ0) is 20.4. The van der Waals surface area contributed by atoms with E-state index in [1.54, 1.807) is 36.4 Å². The molecule has 0 fully saturated rings. The van der Waals surface area contributed by atoms with E-state index in [1.165, 1.54) is 0 Å². The van der Waals surface area contributed by atoms with Gasteiger partial charge in [0.1, 0.15) is 11.4 Å². The average Bonchev–Trinajstić information content (AvgIpc) is 3.07. The van der Waals surface area contributed by atoms with Crippen LogP contribution in [0.25, 0.3) is 10.9 Å². The van der Waals surface area contributed by atoms with Crippen molar-refractivity contribution in [3.05, 3.63) is 101 Å². The number of phenolic OH excluding ortho intramolecular Hbond substituents is 1. The molecule has 0 aliphatic rings. The van der Waals surface area contributed by atoms with E-state index in [0.29, 0.717) is 16.4 Å². The number of carbonyl (C=O) groups excluding carboxylic acids is 1. The second-order valence-electron chi connectivity index (χ2n) is 6.60. The molecular formula is C23H18ClN3O2. The van der Waals surface area contributed by atoms with Gasteiger partial charge in [-0.05, 0) is 48.5 Å². The predicted molar refractivity (Wildman–Crippen MR) is 116 cm³/mol. The number of hydrogen-bond donors (Lipinski definition) is 2. The summed E-state index contributed by atoms with van der Waals surface area (Å²) in [4.78, 5) is 12.8. The van der Waals surface area contributed by atoms with Crippen molar-refractivity contribution >= 4 is 34.1 Å². The largest absolute Gasteiger partial charge is 0.508 e. The Morgan fingerprint density at radius 1 is 0.966 bits per heavy atom. The fourth-order valence-corrected chi connectivity index (χ4v) is 3.32. The molecule has 4 rings (SSSR count). The van der Waals surface area contributed by atoms with E-state index in [2.05, 4.69) is 10.5 Å². The van der Waals surface area contributed by atoms with Gasteiger partial charge in [0.2, 0.25) is 0 Å². The van der Waals surface area contributed by atoms with Gasteiger partial charge in [-0.2, -0.15) is 5.10 Å². The third-order valence-electron chi connectivity index (χ3n) is 4.71. The molecule has 0 aliphatic heterocycles. The van der Waals surface area contributed by atoms with Gasteiger partial charge < -0.3 is 9.67 Å². The van der Waals surface area contributed by atoms with Crippen molar-refractivity contribution < 1.29 is 9.90 Å². The van der Waals surface area contributed by atoms with Crippen LogP contribution in [0, 0.1) is 0 Å². The molecule has 1 aromatic heterocycles. The van der Waals surface area contributed by atoms with Crippen LogP contribution in [0.15, 0.2) is 84.0 Å². The Morgan fingerprint density at radius 3 is 2.24 bits per heavy atom. The first-order valence-electron chi connectivity index (χ1n) is 9.01. The summed E-state index contributed by atoms with van der Waals surface area (Å²) in [6, 6.07) is 23.5. The lowest BCUT2D eigenvalue weighted by Crippen LogP contribution is -2.22. The number of carbonyl (C=O) groups is 1. The van der Waals surface area contributed by atoms with Crippen molar-refractivity contribution in [1.29, 1.82) is 0 Å². The molecular weight excluding hydrogens is 386 g/mol. The number of aromatic hydroxyl groups is 1. The van der Waals surface area contributed by atoms with Crippen LogP contribution in [0.2, 0.25) is 5.02 Å². The lowest BCUT2D eigenvalue weighted by Gasteiger charge is -2.09. The Hall–Kier alpha value is -3.57. The van der Waals surface area contributed by atoms with Crippen molar-refractivity contribution in [2.75, 3.05) is 0 Å². The SMILES string of the molecule is Cn1c(C(=O)N/N=C(\c2ccc(O)cc2)c2ccc(Cl)cc2)cc2ccccc21. The summed E-state index contributed by atoms with van der Waals surface area (Å²) in [5.41, 5.74) is 6.25. The van der Waals surface area contributed by atoms with Gasteiger partial charge in [-0.1, -0.05) is 41.9 Å². The number of halogens is 1. The number of benzene rings is 3. The van der Waals surface area contributed by atoms with Crippen LogP contribution in [0.4, 0.5) is 0 Å². The van der Waals surface area contributed by atoms with Gasteiger partial charge in [0.15, 0.2) is 0 Å². The summed E-state index contributed by atoms with van der Waals surface area (Å²) in [6.45, 7) is 0. The number of amides is 1. The van der Waals surface area contributed by atoms with Crippen LogP contribution >= 0.6 is 11.6 Å².